The molecular weight excluding hydrogens is 232 g/mol. The minimum Gasteiger partial charge on any atom is -0.383 e. The summed E-state index contributed by atoms with van der Waals surface area (Å²) in [5.74, 6) is -0.289. The van der Waals surface area contributed by atoms with Gasteiger partial charge in [-0.1, -0.05) is 6.92 Å². The number of nitrogens with zero attached hydrogens (tertiary/aromatic N) is 1. The van der Waals surface area contributed by atoms with Gasteiger partial charge in [0.25, 0.3) is 0 Å². The molecule has 96 valence electrons. The molecule has 16 heavy (non-hydrogen) atoms. The number of amides is 1. The number of carbonyl (C=O) groups excluding carboxylic acids is 1. The topological polar surface area (TPSA) is 75.7 Å². The molecule has 1 N–H and O–H groups in total. The highest BCUT2D eigenvalue weighted by atomic mass is 32.2. The molecule has 0 aliphatic rings. The lowest BCUT2D eigenvalue weighted by Crippen LogP contribution is -2.41. The van der Waals surface area contributed by atoms with Gasteiger partial charge < -0.3 is 10.1 Å². The molecule has 7 heteroatoms. The Morgan fingerprint density at radius 3 is 2.50 bits per heavy atom. The smallest absolute Gasteiger partial charge is 0.235 e. The zero-order valence-corrected chi connectivity index (χ0v) is 10.8. The van der Waals surface area contributed by atoms with Crippen molar-refractivity contribution in [3.05, 3.63) is 0 Å². The Morgan fingerprint density at radius 2 is 2.06 bits per heavy atom. The third-order valence-corrected chi connectivity index (χ3v) is 3.16. The van der Waals surface area contributed by atoms with Gasteiger partial charge in [0.2, 0.25) is 15.9 Å². The van der Waals surface area contributed by atoms with Crippen LogP contribution in [0, 0.1) is 0 Å². The predicted octanol–water partition coefficient (Wildman–Crippen LogP) is -0.579. The fraction of sp³-hybridized carbons (Fsp3) is 0.889. The molecule has 0 aromatic heterocycles. The van der Waals surface area contributed by atoms with E-state index in [1.807, 2.05) is 6.92 Å². The summed E-state index contributed by atoms with van der Waals surface area (Å²) in [6.07, 6.45) is 1.90. The van der Waals surface area contributed by atoms with Gasteiger partial charge in [0.05, 0.1) is 19.4 Å². The first kappa shape index (κ1) is 15.3. The zero-order valence-electron chi connectivity index (χ0n) is 10.0. The average Bonchev–Trinajstić information content (AvgIpc) is 2.19. The van der Waals surface area contributed by atoms with E-state index in [4.69, 9.17) is 4.74 Å². The minimum absolute atomic E-state index is 0.151. The van der Waals surface area contributed by atoms with Crippen LogP contribution in [0.1, 0.15) is 13.3 Å². The molecule has 0 saturated carbocycles. The molecule has 0 aromatic carbocycles. The maximum Gasteiger partial charge on any atom is 0.235 e. The van der Waals surface area contributed by atoms with Crippen molar-refractivity contribution in [2.45, 2.75) is 13.3 Å². The first-order valence-corrected chi connectivity index (χ1v) is 6.97. The molecule has 0 heterocycles. The van der Waals surface area contributed by atoms with Crippen molar-refractivity contribution >= 4 is 15.9 Å². The van der Waals surface area contributed by atoms with E-state index in [0.717, 1.165) is 17.0 Å². The summed E-state index contributed by atoms with van der Waals surface area (Å²) in [5.41, 5.74) is 0. The normalized spacial score (nSPS) is 11.8. The molecule has 0 bridgehead atoms. The highest BCUT2D eigenvalue weighted by Gasteiger charge is 2.19. The first-order valence-electron chi connectivity index (χ1n) is 5.12. The average molecular weight is 252 g/mol. The number of ether oxygens (including phenoxy) is 1. The number of methoxy groups -OCH3 is 1. The van der Waals surface area contributed by atoms with Gasteiger partial charge in [0.15, 0.2) is 0 Å². The summed E-state index contributed by atoms with van der Waals surface area (Å²) < 4.78 is 28.6. The summed E-state index contributed by atoms with van der Waals surface area (Å²) in [6.45, 7) is 2.80. The molecule has 0 aliphatic carbocycles. The van der Waals surface area contributed by atoms with Crippen molar-refractivity contribution in [1.29, 1.82) is 0 Å². The second kappa shape index (κ2) is 7.59. The molecule has 0 unspecified atom stereocenters. The van der Waals surface area contributed by atoms with E-state index in [-0.39, 0.29) is 25.6 Å². The van der Waals surface area contributed by atoms with Gasteiger partial charge >= 0.3 is 0 Å². The van der Waals surface area contributed by atoms with Crippen LogP contribution >= 0.6 is 0 Å². The predicted molar refractivity (Wildman–Crippen MR) is 61.6 cm³/mol. The van der Waals surface area contributed by atoms with Crippen LogP contribution in [-0.2, 0) is 19.6 Å². The summed E-state index contributed by atoms with van der Waals surface area (Å²) in [7, 11) is -1.88. The number of rotatable bonds is 8. The number of carbonyl (C=O) groups is 1. The van der Waals surface area contributed by atoms with Crippen LogP contribution in [-0.4, -0.2) is 58.2 Å². The summed E-state index contributed by atoms with van der Waals surface area (Å²) >= 11 is 0. The molecule has 0 fully saturated rings. The van der Waals surface area contributed by atoms with E-state index in [1.165, 1.54) is 7.11 Å². The second-order valence-corrected chi connectivity index (χ2v) is 5.42. The monoisotopic (exact) mass is 252 g/mol. The van der Waals surface area contributed by atoms with Gasteiger partial charge in [-0.05, 0) is 6.42 Å². The Kier molecular flexibility index (Phi) is 7.27. The van der Waals surface area contributed by atoms with Crippen molar-refractivity contribution in [3.8, 4) is 0 Å². The van der Waals surface area contributed by atoms with Crippen LogP contribution < -0.4 is 5.32 Å². The van der Waals surface area contributed by atoms with E-state index >= 15 is 0 Å². The van der Waals surface area contributed by atoms with Crippen LogP contribution in [0.3, 0.4) is 0 Å². The molecule has 0 atom stereocenters. The first-order chi connectivity index (χ1) is 7.41. The maximum absolute atomic E-state index is 11.4. The minimum atomic E-state index is -3.36. The van der Waals surface area contributed by atoms with E-state index < -0.39 is 10.0 Å². The highest BCUT2D eigenvalue weighted by molar-refractivity contribution is 7.88. The Labute approximate surface area is 97.0 Å². The van der Waals surface area contributed by atoms with Crippen LogP contribution in [0.25, 0.3) is 0 Å². The molecular formula is C9H20N2O4S. The van der Waals surface area contributed by atoms with E-state index in [9.17, 15) is 13.2 Å². The highest BCUT2D eigenvalue weighted by Crippen LogP contribution is 1.97. The van der Waals surface area contributed by atoms with Gasteiger partial charge in [-0.15, -0.1) is 0 Å². The van der Waals surface area contributed by atoms with Crippen molar-refractivity contribution in [3.63, 3.8) is 0 Å². The summed E-state index contributed by atoms with van der Waals surface area (Å²) in [6, 6.07) is 0. The van der Waals surface area contributed by atoms with Crippen molar-refractivity contribution < 1.29 is 17.9 Å². The fourth-order valence-corrected chi connectivity index (χ4v) is 1.79. The van der Waals surface area contributed by atoms with Crippen LogP contribution in [0.5, 0.6) is 0 Å². The van der Waals surface area contributed by atoms with Crippen LogP contribution in [0.15, 0.2) is 0 Å². The van der Waals surface area contributed by atoms with Crippen LogP contribution in [0.2, 0.25) is 0 Å². The maximum atomic E-state index is 11.4. The number of sulfonamides is 1. The van der Waals surface area contributed by atoms with Gasteiger partial charge in [-0.3, -0.25) is 4.79 Å². The molecule has 0 saturated heterocycles. The third kappa shape index (κ3) is 6.76. The molecule has 0 rings (SSSR count). The van der Waals surface area contributed by atoms with Gasteiger partial charge in [-0.2, -0.15) is 4.31 Å². The van der Waals surface area contributed by atoms with Crippen molar-refractivity contribution in [1.82, 2.24) is 9.62 Å². The lowest BCUT2D eigenvalue weighted by Gasteiger charge is -2.18. The summed E-state index contributed by atoms with van der Waals surface area (Å²) in [4.78, 5) is 11.4. The molecule has 6 nitrogen and oxygen atoms in total. The van der Waals surface area contributed by atoms with Gasteiger partial charge in [0.1, 0.15) is 0 Å². The Hall–Kier alpha value is -0.660. The van der Waals surface area contributed by atoms with Crippen LogP contribution in [0.4, 0.5) is 0 Å². The lowest BCUT2D eigenvalue weighted by atomic mass is 10.4. The van der Waals surface area contributed by atoms with E-state index in [2.05, 4.69) is 5.32 Å². The number of hydrogen-bond acceptors (Lipinski definition) is 4. The molecule has 1 amide bonds. The Bertz CT molecular complexity index is 303. The van der Waals surface area contributed by atoms with Gasteiger partial charge in [-0.25, -0.2) is 8.42 Å². The standard InChI is InChI=1S/C9H20N2O4S/c1-4-5-10-9(12)8-11(6-7-15-2)16(3,13)14/h4-8H2,1-3H3,(H,10,12). The lowest BCUT2D eigenvalue weighted by molar-refractivity contribution is -0.121. The molecule has 0 aliphatic heterocycles. The van der Waals surface area contributed by atoms with Gasteiger partial charge in [0, 0.05) is 20.2 Å². The Morgan fingerprint density at radius 1 is 1.44 bits per heavy atom. The Balaban J connectivity index is 4.26. The SMILES string of the molecule is CCCNC(=O)CN(CCOC)S(C)(=O)=O. The quantitative estimate of drug-likeness (QED) is 0.627. The second-order valence-electron chi connectivity index (χ2n) is 3.44. The van der Waals surface area contributed by atoms with E-state index in [1.54, 1.807) is 0 Å². The number of hydrogen-bond donors (Lipinski definition) is 1. The largest absolute Gasteiger partial charge is 0.383 e. The molecule has 0 radical (unpaired) electrons. The van der Waals surface area contributed by atoms with Crippen molar-refractivity contribution in [2.24, 2.45) is 0 Å². The fourth-order valence-electron chi connectivity index (χ4n) is 1.04. The summed E-state index contributed by atoms with van der Waals surface area (Å²) in [5, 5.41) is 2.63. The molecule has 0 aromatic rings. The molecule has 0 spiro atoms. The van der Waals surface area contributed by atoms with Crippen molar-refractivity contribution in [2.75, 3.05) is 39.6 Å². The zero-order chi connectivity index (χ0) is 12.6. The third-order valence-electron chi connectivity index (χ3n) is 1.91. The van der Waals surface area contributed by atoms with E-state index in [0.29, 0.717) is 6.54 Å². The number of nitrogens with one attached hydrogen (secondary N) is 1.